The number of hydrogen-bond acceptors (Lipinski definition) is 6. The maximum atomic E-state index is 13.9. The van der Waals surface area contributed by atoms with Gasteiger partial charge in [0.2, 0.25) is 0 Å². The van der Waals surface area contributed by atoms with Gasteiger partial charge in [-0.05, 0) is 30.5 Å². The van der Waals surface area contributed by atoms with Crippen LogP contribution in [0.1, 0.15) is 20.9 Å². The van der Waals surface area contributed by atoms with Crippen LogP contribution in [0.2, 0.25) is 5.02 Å². The molecule has 0 saturated carbocycles. The van der Waals surface area contributed by atoms with Gasteiger partial charge in [0.05, 0.1) is 10.6 Å². The molecule has 5 nitrogen and oxygen atoms in total. The molecular weight excluding hydrogens is 423 g/mol. The highest BCUT2D eigenvalue weighted by molar-refractivity contribution is 7.22. The van der Waals surface area contributed by atoms with Gasteiger partial charge in [0.1, 0.15) is 15.7 Å². The number of rotatable bonds is 6. The van der Waals surface area contributed by atoms with E-state index in [4.69, 9.17) is 16.3 Å². The van der Waals surface area contributed by atoms with E-state index in [1.165, 1.54) is 46.8 Å². The summed E-state index contributed by atoms with van der Waals surface area (Å²) < 4.78 is 19.0. The van der Waals surface area contributed by atoms with Gasteiger partial charge in [-0.15, -0.1) is 22.7 Å². The first-order valence-electron chi connectivity index (χ1n) is 8.22. The molecule has 0 aliphatic carbocycles. The van der Waals surface area contributed by atoms with Gasteiger partial charge in [-0.25, -0.2) is 14.2 Å². The Hall–Kier alpha value is -2.29. The Morgan fingerprint density at radius 2 is 2.07 bits per heavy atom. The van der Waals surface area contributed by atoms with Crippen molar-refractivity contribution in [3.05, 3.63) is 62.7 Å². The zero-order chi connectivity index (χ0) is 20.3. The Kier molecular flexibility index (Phi) is 6.43. The standard InChI is InChI=1S/C19H16ClFN2O3S2/c1-11-17(28-18(22-11)15-7-4-8-27-15)19(25)26-10-16(24)23(2)9-12-13(20)5-3-6-14(12)21/h3-8H,9-10H2,1-2H3. The summed E-state index contributed by atoms with van der Waals surface area (Å²) in [6.45, 7) is 1.25. The first-order chi connectivity index (χ1) is 13.4. The van der Waals surface area contributed by atoms with E-state index < -0.39 is 24.3 Å². The summed E-state index contributed by atoms with van der Waals surface area (Å²) in [5, 5.41) is 2.90. The second kappa shape index (κ2) is 8.81. The molecular formula is C19H16ClFN2O3S2. The van der Waals surface area contributed by atoms with Crippen LogP contribution in [0.3, 0.4) is 0 Å². The zero-order valence-corrected chi connectivity index (χ0v) is 17.5. The highest BCUT2D eigenvalue weighted by Gasteiger charge is 2.21. The van der Waals surface area contributed by atoms with Crippen LogP contribution in [-0.4, -0.2) is 35.4 Å². The second-order valence-corrected chi connectivity index (χ2v) is 8.29. The third kappa shape index (κ3) is 4.57. The number of halogens is 2. The van der Waals surface area contributed by atoms with Crippen LogP contribution < -0.4 is 0 Å². The molecule has 0 N–H and O–H groups in total. The van der Waals surface area contributed by atoms with Crippen molar-refractivity contribution in [2.24, 2.45) is 0 Å². The van der Waals surface area contributed by atoms with Crippen molar-refractivity contribution < 1.29 is 18.7 Å². The molecule has 3 aromatic rings. The lowest BCUT2D eigenvalue weighted by atomic mass is 10.2. The van der Waals surface area contributed by atoms with Crippen LogP contribution in [0.25, 0.3) is 9.88 Å². The van der Waals surface area contributed by atoms with Gasteiger partial charge < -0.3 is 9.64 Å². The van der Waals surface area contributed by atoms with E-state index in [2.05, 4.69) is 4.98 Å². The molecule has 9 heteroatoms. The fourth-order valence-corrected chi connectivity index (χ4v) is 4.38. The topological polar surface area (TPSA) is 59.5 Å². The van der Waals surface area contributed by atoms with Crippen molar-refractivity contribution in [2.75, 3.05) is 13.7 Å². The van der Waals surface area contributed by atoms with Crippen LogP contribution >= 0.6 is 34.3 Å². The summed E-state index contributed by atoms with van der Waals surface area (Å²) in [6.07, 6.45) is 0. The molecule has 0 unspecified atom stereocenters. The Balaban J connectivity index is 1.60. The lowest BCUT2D eigenvalue weighted by molar-refractivity contribution is -0.133. The maximum Gasteiger partial charge on any atom is 0.350 e. The van der Waals surface area contributed by atoms with E-state index in [0.717, 1.165) is 9.88 Å². The van der Waals surface area contributed by atoms with Gasteiger partial charge in [-0.1, -0.05) is 23.7 Å². The molecule has 146 valence electrons. The van der Waals surface area contributed by atoms with E-state index >= 15 is 0 Å². The van der Waals surface area contributed by atoms with Crippen molar-refractivity contribution in [1.82, 2.24) is 9.88 Å². The van der Waals surface area contributed by atoms with Crippen LogP contribution in [-0.2, 0) is 16.1 Å². The zero-order valence-electron chi connectivity index (χ0n) is 15.1. The molecule has 28 heavy (non-hydrogen) atoms. The van der Waals surface area contributed by atoms with Gasteiger partial charge in [-0.3, -0.25) is 4.79 Å². The number of aromatic nitrogens is 1. The first kappa shape index (κ1) is 20.4. The molecule has 3 rings (SSSR count). The molecule has 0 radical (unpaired) electrons. The van der Waals surface area contributed by atoms with Crippen LogP contribution in [0.4, 0.5) is 4.39 Å². The number of thiophene rings is 1. The number of carbonyl (C=O) groups excluding carboxylic acids is 2. The Labute approximate surface area is 174 Å². The summed E-state index contributed by atoms with van der Waals surface area (Å²) in [7, 11) is 1.49. The fourth-order valence-electron chi connectivity index (χ4n) is 2.40. The predicted octanol–water partition coefficient (Wildman–Crippen LogP) is 4.79. The van der Waals surface area contributed by atoms with E-state index in [9.17, 15) is 14.0 Å². The molecule has 0 fully saturated rings. The monoisotopic (exact) mass is 438 g/mol. The smallest absolute Gasteiger partial charge is 0.350 e. The minimum Gasteiger partial charge on any atom is -0.451 e. The molecule has 0 aliphatic heterocycles. The van der Waals surface area contributed by atoms with Gasteiger partial charge in [-0.2, -0.15) is 0 Å². The summed E-state index contributed by atoms with van der Waals surface area (Å²) in [5.41, 5.74) is 0.766. The predicted molar refractivity (Wildman–Crippen MR) is 108 cm³/mol. The number of ether oxygens (including phenoxy) is 1. The van der Waals surface area contributed by atoms with Crippen LogP contribution in [0.15, 0.2) is 35.7 Å². The quantitative estimate of drug-likeness (QED) is 0.519. The third-order valence-corrected chi connectivity index (χ3v) is 6.45. The summed E-state index contributed by atoms with van der Waals surface area (Å²) in [4.78, 5) is 31.6. The maximum absolute atomic E-state index is 13.9. The largest absolute Gasteiger partial charge is 0.451 e. The molecule has 2 heterocycles. The average Bonchev–Trinajstić information content (AvgIpc) is 3.32. The molecule has 0 spiro atoms. The molecule has 2 aromatic heterocycles. The van der Waals surface area contributed by atoms with Crippen LogP contribution in [0.5, 0.6) is 0 Å². The number of nitrogens with zero attached hydrogens (tertiary/aromatic N) is 2. The van der Waals surface area contributed by atoms with E-state index in [1.54, 1.807) is 13.0 Å². The molecule has 0 atom stereocenters. The summed E-state index contributed by atoms with van der Waals surface area (Å²) >= 11 is 8.73. The number of amides is 1. The van der Waals surface area contributed by atoms with Gasteiger partial charge >= 0.3 is 5.97 Å². The van der Waals surface area contributed by atoms with E-state index in [-0.39, 0.29) is 17.1 Å². The number of hydrogen-bond donors (Lipinski definition) is 0. The summed E-state index contributed by atoms with van der Waals surface area (Å²) in [6, 6.07) is 8.15. The van der Waals surface area contributed by atoms with Crippen molar-refractivity contribution in [3.8, 4) is 9.88 Å². The fraction of sp³-hybridized carbons (Fsp3) is 0.211. The normalized spacial score (nSPS) is 10.7. The van der Waals surface area contributed by atoms with Crippen molar-refractivity contribution >= 4 is 46.2 Å². The van der Waals surface area contributed by atoms with E-state index in [0.29, 0.717) is 10.6 Å². The molecule has 0 aliphatic rings. The highest BCUT2D eigenvalue weighted by atomic mass is 35.5. The van der Waals surface area contributed by atoms with E-state index in [1.807, 2.05) is 17.5 Å². The Morgan fingerprint density at radius 1 is 1.29 bits per heavy atom. The van der Waals surface area contributed by atoms with Crippen LogP contribution in [0, 0.1) is 12.7 Å². The van der Waals surface area contributed by atoms with Crippen molar-refractivity contribution in [1.29, 1.82) is 0 Å². The van der Waals surface area contributed by atoms with Gasteiger partial charge in [0, 0.05) is 24.2 Å². The first-order valence-corrected chi connectivity index (χ1v) is 10.3. The number of thiazole rings is 1. The molecule has 0 bridgehead atoms. The average molecular weight is 439 g/mol. The number of aryl methyl sites for hydroxylation is 1. The number of likely N-dealkylation sites (N-methyl/N-ethyl adjacent to an activating group) is 1. The molecule has 1 aromatic carbocycles. The third-order valence-electron chi connectivity index (χ3n) is 3.92. The lowest BCUT2D eigenvalue weighted by Gasteiger charge is -2.18. The SMILES string of the molecule is Cc1nc(-c2cccs2)sc1C(=O)OCC(=O)N(C)Cc1c(F)cccc1Cl. The minimum atomic E-state index is -0.608. The molecule has 0 saturated heterocycles. The Morgan fingerprint density at radius 3 is 2.75 bits per heavy atom. The van der Waals surface area contributed by atoms with Crippen molar-refractivity contribution in [2.45, 2.75) is 13.5 Å². The van der Waals surface area contributed by atoms with Gasteiger partial charge in [0.15, 0.2) is 6.61 Å². The number of benzene rings is 1. The minimum absolute atomic E-state index is 0.0238. The van der Waals surface area contributed by atoms with Gasteiger partial charge in [0.25, 0.3) is 5.91 Å². The second-order valence-electron chi connectivity index (χ2n) is 5.94. The van der Waals surface area contributed by atoms with Crippen molar-refractivity contribution in [3.63, 3.8) is 0 Å². The summed E-state index contributed by atoms with van der Waals surface area (Å²) in [5.74, 6) is -1.57. The number of esters is 1. The lowest BCUT2D eigenvalue weighted by Crippen LogP contribution is -2.31. The number of carbonyl (C=O) groups is 2. The Bertz CT molecular complexity index is 985. The highest BCUT2D eigenvalue weighted by Crippen LogP contribution is 2.31. The molecule has 1 amide bonds.